The Balaban J connectivity index is 0.000000369. The molecule has 3 N–H and O–H groups in total. The number of hydrogen-bond donors (Lipinski definition) is 3. The monoisotopic (exact) mass is 374 g/mol. The van der Waals surface area contributed by atoms with Gasteiger partial charge >= 0.3 is 16.9 Å². The van der Waals surface area contributed by atoms with E-state index in [-0.39, 0.29) is 5.69 Å². The zero-order valence-corrected chi connectivity index (χ0v) is 15.0. The van der Waals surface area contributed by atoms with Crippen molar-refractivity contribution in [3.05, 3.63) is 66.5 Å². The lowest BCUT2D eigenvalue weighted by Crippen LogP contribution is -2.25. The quantitative estimate of drug-likeness (QED) is 0.553. The van der Waals surface area contributed by atoms with Gasteiger partial charge in [-0.1, -0.05) is 24.6 Å². The van der Waals surface area contributed by atoms with Gasteiger partial charge in [-0.05, 0) is 44.1 Å². The van der Waals surface area contributed by atoms with Crippen molar-refractivity contribution in [3.63, 3.8) is 0 Å². The molecule has 9 nitrogen and oxygen atoms in total. The Labute approximate surface area is 155 Å². The second-order valence-corrected chi connectivity index (χ2v) is 5.81. The topological polar surface area (TPSA) is 130 Å². The SMILES string of the molecule is C1CCNCC1.COc1ccccc1/C=C/c1[nH]c(=O)[nH]c(=O)c1[N+](=O)[O-]. The molecule has 2 heterocycles. The number of aromatic amines is 2. The summed E-state index contributed by atoms with van der Waals surface area (Å²) in [5, 5.41) is 14.2. The molecular weight excluding hydrogens is 352 g/mol. The predicted molar refractivity (Wildman–Crippen MR) is 103 cm³/mol. The number of para-hydroxylation sites is 1. The van der Waals surface area contributed by atoms with Crippen LogP contribution >= 0.6 is 0 Å². The van der Waals surface area contributed by atoms with Gasteiger partial charge in [0.05, 0.1) is 12.0 Å². The van der Waals surface area contributed by atoms with Crippen LogP contribution in [0.15, 0.2) is 33.9 Å². The van der Waals surface area contributed by atoms with Crippen LogP contribution in [0.4, 0.5) is 5.69 Å². The molecule has 1 aliphatic rings. The van der Waals surface area contributed by atoms with Crippen LogP contribution in [-0.4, -0.2) is 35.1 Å². The second-order valence-electron chi connectivity index (χ2n) is 5.81. The van der Waals surface area contributed by atoms with Crippen molar-refractivity contribution in [2.24, 2.45) is 0 Å². The third kappa shape index (κ3) is 5.93. The van der Waals surface area contributed by atoms with E-state index in [9.17, 15) is 19.7 Å². The first-order chi connectivity index (χ1) is 13.0. The Hall–Kier alpha value is -3.20. The average molecular weight is 374 g/mol. The number of H-pyrrole nitrogens is 2. The summed E-state index contributed by atoms with van der Waals surface area (Å²) in [5.41, 5.74) is -2.12. The zero-order chi connectivity index (χ0) is 19.6. The average Bonchev–Trinajstić information content (AvgIpc) is 2.67. The van der Waals surface area contributed by atoms with Gasteiger partial charge in [-0.3, -0.25) is 19.9 Å². The second kappa shape index (κ2) is 10.1. The van der Waals surface area contributed by atoms with E-state index in [0.29, 0.717) is 11.3 Å². The molecule has 0 saturated carbocycles. The van der Waals surface area contributed by atoms with E-state index in [4.69, 9.17) is 4.74 Å². The molecule has 1 aliphatic heterocycles. The van der Waals surface area contributed by atoms with Crippen LogP contribution in [0.5, 0.6) is 5.75 Å². The minimum atomic E-state index is -1.05. The van der Waals surface area contributed by atoms with E-state index in [0.717, 1.165) is 0 Å². The molecule has 1 saturated heterocycles. The molecule has 2 aromatic rings. The Kier molecular flexibility index (Phi) is 7.50. The number of piperidine rings is 1. The Morgan fingerprint density at radius 1 is 1.07 bits per heavy atom. The number of ether oxygens (including phenoxy) is 1. The van der Waals surface area contributed by atoms with Gasteiger partial charge in [-0.2, -0.15) is 0 Å². The number of aromatic nitrogens is 2. The highest BCUT2D eigenvalue weighted by molar-refractivity contribution is 5.74. The Morgan fingerprint density at radius 2 is 1.78 bits per heavy atom. The fourth-order valence-electron chi connectivity index (χ4n) is 2.58. The normalized spacial score (nSPS) is 13.7. The summed E-state index contributed by atoms with van der Waals surface area (Å²) < 4.78 is 5.13. The molecule has 0 atom stereocenters. The molecule has 1 fully saturated rings. The van der Waals surface area contributed by atoms with E-state index in [2.05, 4.69) is 10.3 Å². The maximum atomic E-state index is 11.5. The van der Waals surface area contributed by atoms with Crippen molar-refractivity contribution in [3.8, 4) is 5.75 Å². The van der Waals surface area contributed by atoms with Crippen LogP contribution in [0, 0.1) is 10.1 Å². The molecule has 144 valence electrons. The minimum absolute atomic E-state index is 0.181. The highest BCUT2D eigenvalue weighted by Gasteiger charge is 2.18. The fraction of sp³-hybridized carbons (Fsp3) is 0.333. The molecule has 0 spiro atoms. The van der Waals surface area contributed by atoms with Crippen molar-refractivity contribution in [2.75, 3.05) is 20.2 Å². The van der Waals surface area contributed by atoms with Gasteiger partial charge < -0.3 is 15.0 Å². The summed E-state index contributed by atoms with van der Waals surface area (Å²) in [7, 11) is 1.49. The standard InChI is InChI=1S/C13H11N3O5.C5H11N/c1-21-10-5-3-2-4-8(10)6-7-9-11(16(19)20)12(17)15-13(18)14-9;1-2-4-6-5-3-1/h2-7H,1H3,(H2,14,15,17,18);6H,1-5H2/b7-6+;. The fourth-order valence-corrected chi connectivity index (χ4v) is 2.58. The number of nitrogens with one attached hydrogen (secondary N) is 3. The molecule has 0 aliphatic carbocycles. The number of benzene rings is 1. The molecule has 9 heteroatoms. The first-order valence-corrected chi connectivity index (χ1v) is 8.55. The molecule has 1 aromatic heterocycles. The first kappa shape index (κ1) is 20.1. The molecule has 1 aromatic carbocycles. The number of rotatable bonds is 4. The van der Waals surface area contributed by atoms with Crippen molar-refractivity contribution >= 4 is 17.8 Å². The van der Waals surface area contributed by atoms with Crippen LogP contribution in [-0.2, 0) is 0 Å². The lowest BCUT2D eigenvalue weighted by molar-refractivity contribution is -0.386. The maximum absolute atomic E-state index is 11.5. The van der Waals surface area contributed by atoms with Crippen LogP contribution < -0.4 is 21.3 Å². The van der Waals surface area contributed by atoms with E-state index < -0.39 is 21.9 Å². The molecule has 0 bridgehead atoms. The summed E-state index contributed by atoms with van der Waals surface area (Å²) in [4.78, 5) is 36.8. The molecule has 27 heavy (non-hydrogen) atoms. The van der Waals surface area contributed by atoms with Crippen molar-refractivity contribution in [2.45, 2.75) is 19.3 Å². The number of nitrogens with zero attached hydrogens (tertiary/aromatic N) is 1. The minimum Gasteiger partial charge on any atom is -0.496 e. The molecule has 0 radical (unpaired) electrons. The summed E-state index contributed by atoms with van der Waals surface area (Å²) in [6.07, 6.45) is 7.01. The van der Waals surface area contributed by atoms with Gasteiger partial charge in [0.25, 0.3) is 0 Å². The third-order valence-corrected chi connectivity index (χ3v) is 3.90. The van der Waals surface area contributed by atoms with Gasteiger partial charge in [0.15, 0.2) is 0 Å². The number of methoxy groups -OCH3 is 1. The van der Waals surface area contributed by atoms with Crippen LogP contribution in [0.3, 0.4) is 0 Å². The zero-order valence-electron chi connectivity index (χ0n) is 15.0. The molecule has 0 unspecified atom stereocenters. The van der Waals surface area contributed by atoms with E-state index >= 15 is 0 Å². The number of hydrogen-bond acceptors (Lipinski definition) is 6. The highest BCUT2D eigenvalue weighted by Crippen LogP contribution is 2.20. The van der Waals surface area contributed by atoms with Crippen LogP contribution in [0.25, 0.3) is 12.2 Å². The molecule has 0 amide bonds. The van der Waals surface area contributed by atoms with E-state index in [1.807, 2.05) is 4.98 Å². The molecule has 3 rings (SSSR count). The Morgan fingerprint density at radius 3 is 2.33 bits per heavy atom. The largest absolute Gasteiger partial charge is 0.496 e. The third-order valence-electron chi connectivity index (χ3n) is 3.90. The van der Waals surface area contributed by atoms with Gasteiger partial charge in [-0.25, -0.2) is 4.79 Å². The predicted octanol–water partition coefficient (Wildman–Crippen LogP) is 1.91. The van der Waals surface area contributed by atoms with Gasteiger partial charge in [0.2, 0.25) is 0 Å². The summed E-state index contributed by atoms with van der Waals surface area (Å²) >= 11 is 0. The summed E-state index contributed by atoms with van der Waals surface area (Å²) in [6.45, 7) is 2.50. The van der Waals surface area contributed by atoms with E-state index in [1.165, 1.54) is 51.6 Å². The Bertz CT molecular complexity index is 901. The van der Waals surface area contributed by atoms with Gasteiger partial charge in [-0.15, -0.1) is 0 Å². The van der Waals surface area contributed by atoms with Gasteiger partial charge in [0, 0.05) is 5.56 Å². The lowest BCUT2D eigenvalue weighted by atomic mass is 10.1. The number of nitro groups is 1. The van der Waals surface area contributed by atoms with Crippen molar-refractivity contribution in [1.29, 1.82) is 0 Å². The highest BCUT2D eigenvalue weighted by atomic mass is 16.6. The smallest absolute Gasteiger partial charge is 0.357 e. The van der Waals surface area contributed by atoms with Crippen LogP contribution in [0.2, 0.25) is 0 Å². The van der Waals surface area contributed by atoms with E-state index in [1.54, 1.807) is 24.3 Å². The summed E-state index contributed by atoms with van der Waals surface area (Å²) in [5.74, 6) is 0.559. The summed E-state index contributed by atoms with van der Waals surface area (Å²) in [6, 6.07) is 6.98. The molecular formula is C18H22N4O5. The van der Waals surface area contributed by atoms with Gasteiger partial charge in [0.1, 0.15) is 11.4 Å². The maximum Gasteiger partial charge on any atom is 0.357 e. The van der Waals surface area contributed by atoms with Crippen molar-refractivity contribution in [1.82, 2.24) is 15.3 Å². The van der Waals surface area contributed by atoms with Crippen LogP contribution in [0.1, 0.15) is 30.5 Å². The lowest BCUT2D eigenvalue weighted by Gasteiger charge is -2.08. The first-order valence-electron chi connectivity index (χ1n) is 8.55. The van der Waals surface area contributed by atoms with Crippen molar-refractivity contribution < 1.29 is 9.66 Å².